The molecule has 134 valence electrons. The van der Waals surface area contributed by atoms with E-state index in [0.717, 1.165) is 38.4 Å². The lowest BCUT2D eigenvalue weighted by Crippen LogP contribution is -2.59. The summed E-state index contributed by atoms with van der Waals surface area (Å²) in [5.41, 5.74) is 1.20. The number of morpholine rings is 1. The second-order valence-electron chi connectivity index (χ2n) is 6.96. The highest BCUT2D eigenvalue weighted by molar-refractivity contribution is 5.29. The third kappa shape index (κ3) is 4.08. The van der Waals surface area contributed by atoms with Crippen LogP contribution >= 0.6 is 0 Å². The molecule has 2 fully saturated rings. The van der Waals surface area contributed by atoms with Gasteiger partial charge in [0.2, 0.25) is 0 Å². The second-order valence-corrected chi connectivity index (χ2v) is 6.96. The van der Waals surface area contributed by atoms with Gasteiger partial charge in [-0.3, -0.25) is 4.90 Å². The van der Waals surface area contributed by atoms with Crippen LogP contribution in [0.1, 0.15) is 37.7 Å². The standard InChI is InChI=1S/C19H29FN2O2/c1-23-18-6-5-16(13-17(18)20)14-21-15-19(7-3-2-4-8-19)22-9-11-24-12-10-22/h5-6,13,21H,2-4,7-12,14-15H2,1H3. The van der Waals surface area contributed by atoms with Gasteiger partial charge in [0.15, 0.2) is 11.6 Å². The van der Waals surface area contributed by atoms with Crippen LogP contribution in [0.5, 0.6) is 5.75 Å². The lowest BCUT2D eigenvalue weighted by molar-refractivity contribution is -0.0369. The van der Waals surface area contributed by atoms with Crippen molar-refractivity contribution in [3.05, 3.63) is 29.6 Å². The number of benzene rings is 1. The Balaban J connectivity index is 1.60. The number of hydrogen-bond acceptors (Lipinski definition) is 4. The van der Waals surface area contributed by atoms with Crippen LogP contribution in [0.15, 0.2) is 18.2 Å². The first-order valence-electron chi connectivity index (χ1n) is 9.09. The summed E-state index contributed by atoms with van der Waals surface area (Å²) in [6.45, 7) is 5.38. The minimum Gasteiger partial charge on any atom is -0.494 e. The second kappa shape index (κ2) is 8.28. The molecule has 1 aliphatic heterocycles. The Labute approximate surface area is 144 Å². The molecule has 1 aliphatic carbocycles. The molecule has 24 heavy (non-hydrogen) atoms. The van der Waals surface area contributed by atoms with Gasteiger partial charge in [0.1, 0.15) is 0 Å². The molecule has 1 N–H and O–H groups in total. The predicted octanol–water partition coefficient (Wildman–Crippen LogP) is 2.96. The summed E-state index contributed by atoms with van der Waals surface area (Å²) in [5.74, 6) is 0.00757. The van der Waals surface area contributed by atoms with Gasteiger partial charge in [0.25, 0.3) is 0 Å². The van der Waals surface area contributed by atoms with Gasteiger partial charge in [-0.15, -0.1) is 0 Å². The Hall–Kier alpha value is -1.17. The van der Waals surface area contributed by atoms with Gasteiger partial charge < -0.3 is 14.8 Å². The molecule has 4 nitrogen and oxygen atoms in total. The summed E-state index contributed by atoms with van der Waals surface area (Å²) in [6, 6.07) is 5.19. The van der Waals surface area contributed by atoms with E-state index >= 15 is 0 Å². The molecule has 1 saturated heterocycles. The fraction of sp³-hybridized carbons (Fsp3) is 0.684. The average Bonchev–Trinajstić information content (AvgIpc) is 2.63. The first-order chi connectivity index (χ1) is 11.7. The van der Waals surface area contributed by atoms with Crippen LogP contribution in [0, 0.1) is 5.82 Å². The van der Waals surface area contributed by atoms with Gasteiger partial charge in [-0.1, -0.05) is 25.3 Å². The highest BCUT2D eigenvalue weighted by Gasteiger charge is 2.38. The van der Waals surface area contributed by atoms with Gasteiger partial charge in [-0.2, -0.15) is 0 Å². The number of nitrogens with zero attached hydrogens (tertiary/aromatic N) is 1. The van der Waals surface area contributed by atoms with Crippen LogP contribution in [0.2, 0.25) is 0 Å². The van der Waals surface area contributed by atoms with Crippen molar-refractivity contribution in [1.29, 1.82) is 0 Å². The molecule has 0 bridgehead atoms. The number of ether oxygens (including phenoxy) is 2. The Morgan fingerprint density at radius 1 is 1.21 bits per heavy atom. The molecular weight excluding hydrogens is 307 g/mol. The van der Waals surface area contributed by atoms with Crippen LogP contribution < -0.4 is 10.1 Å². The maximum atomic E-state index is 13.8. The monoisotopic (exact) mass is 336 g/mol. The van der Waals surface area contributed by atoms with E-state index in [9.17, 15) is 4.39 Å². The Bertz CT molecular complexity index is 526. The number of hydrogen-bond donors (Lipinski definition) is 1. The summed E-state index contributed by atoms with van der Waals surface area (Å²) < 4.78 is 24.3. The van der Waals surface area contributed by atoms with Gasteiger partial charge in [-0.05, 0) is 30.5 Å². The fourth-order valence-corrected chi connectivity index (χ4v) is 4.11. The molecule has 3 rings (SSSR count). The summed E-state index contributed by atoms with van der Waals surface area (Å²) in [5, 5.41) is 3.58. The summed E-state index contributed by atoms with van der Waals surface area (Å²) in [6.07, 6.45) is 6.44. The van der Waals surface area contributed by atoms with E-state index in [-0.39, 0.29) is 11.4 Å². The van der Waals surface area contributed by atoms with E-state index in [2.05, 4.69) is 10.2 Å². The molecule has 0 spiro atoms. The van der Waals surface area contributed by atoms with Crippen molar-refractivity contribution in [2.45, 2.75) is 44.2 Å². The van der Waals surface area contributed by atoms with Crippen molar-refractivity contribution >= 4 is 0 Å². The van der Waals surface area contributed by atoms with Gasteiger partial charge in [-0.25, -0.2) is 4.39 Å². The largest absolute Gasteiger partial charge is 0.494 e. The SMILES string of the molecule is COc1ccc(CNCC2(N3CCOCC3)CCCCC2)cc1F. The van der Waals surface area contributed by atoms with E-state index < -0.39 is 0 Å². The lowest BCUT2D eigenvalue weighted by Gasteiger charge is -2.48. The molecular formula is C19H29FN2O2. The number of halogens is 1. The van der Waals surface area contributed by atoms with Crippen molar-refractivity contribution in [2.75, 3.05) is 40.0 Å². The van der Waals surface area contributed by atoms with Gasteiger partial charge >= 0.3 is 0 Å². The molecule has 1 heterocycles. The van der Waals surface area contributed by atoms with Gasteiger partial charge in [0, 0.05) is 31.7 Å². The molecule has 0 aromatic heterocycles. The molecule has 1 aromatic carbocycles. The normalized spacial score (nSPS) is 21.6. The first kappa shape index (κ1) is 17.6. The van der Waals surface area contributed by atoms with Crippen LogP contribution in [0.4, 0.5) is 4.39 Å². The quantitative estimate of drug-likeness (QED) is 0.866. The zero-order valence-electron chi connectivity index (χ0n) is 14.7. The zero-order valence-corrected chi connectivity index (χ0v) is 14.7. The summed E-state index contributed by atoms with van der Waals surface area (Å²) in [7, 11) is 1.49. The molecule has 5 heteroatoms. The number of rotatable bonds is 6. The minimum absolute atomic E-state index is 0.243. The lowest BCUT2D eigenvalue weighted by atomic mass is 9.79. The van der Waals surface area contributed by atoms with Crippen molar-refractivity contribution in [3.63, 3.8) is 0 Å². The van der Waals surface area contributed by atoms with Crippen LogP contribution in [-0.4, -0.2) is 50.4 Å². The number of methoxy groups -OCH3 is 1. The first-order valence-corrected chi connectivity index (χ1v) is 9.09. The van der Waals surface area contributed by atoms with Crippen molar-refractivity contribution in [1.82, 2.24) is 10.2 Å². The predicted molar refractivity (Wildman–Crippen MR) is 92.9 cm³/mol. The summed E-state index contributed by atoms with van der Waals surface area (Å²) >= 11 is 0. The summed E-state index contributed by atoms with van der Waals surface area (Å²) in [4.78, 5) is 2.62. The van der Waals surface area contributed by atoms with E-state index in [1.165, 1.54) is 39.2 Å². The molecule has 0 atom stereocenters. The highest BCUT2D eigenvalue weighted by atomic mass is 19.1. The molecule has 0 radical (unpaired) electrons. The van der Waals surface area contributed by atoms with E-state index in [0.29, 0.717) is 12.3 Å². The van der Waals surface area contributed by atoms with Crippen molar-refractivity contribution in [3.8, 4) is 5.75 Å². The highest BCUT2D eigenvalue weighted by Crippen LogP contribution is 2.34. The maximum absolute atomic E-state index is 13.8. The molecule has 0 amide bonds. The van der Waals surface area contributed by atoms with Crippen molar-refractivity contribution < 1.29 is 13.9 Å². The maximum Gasteiger partial charge on any atom is 0.165 e. The van der Waals surface area contributed by atoms with Crippen LogP contribution in [0.3, 0.4) is 0 Å². The van der Waals surface area contributed by atoms with E-state index in [1.807, 2.05) is 6.07 Å². The van der Waals surface area contributed by atoms with Crippen molar-refractivity contribution in [2.24, 2.45) is 0 Å². The van der Waals surface area contributed by atoms with Gasteiger partial charge in [0.05, 0.1) is 20.3 Å². The third-order valence-electron chi connectivity index (χ3n) is 5.47. The minimum atomic E-state index is -0.294. The number of nitrogens with one attached hydrogen (secondary N) is 1. The fourth-order valence-electron chi connectivity index (χ4n) is 4.11. The van der Waals surface area contributed by atoms with Crippen LogP contribution in [-0.2, 0) is 11.3 Å². The average molecular weight is 336 g/mol. The smallest absolute Gasteiger partial charge is 0.165 e. The molecule has 1 saturated carbocycles. The Morgan fingerprint density at radius 2 is 1.96 bits per heavy atom. The zero-order chi connectivity index (χ0) is 16.8. The topological polar surface area (TPSA) is 33.7 Å². The Morgan fingerprint density at radius 3 is 2.62 bits per heavy atom. The molecule has 0 unspecified atom stereocenters. The molecule has 2 aliphatic rings. The van der Waals surface area contributed by atoms with Crippen LogP contribution in [0.25, 0.3) is 0 Å². The molecule has 1 aromatic rings. The third-order valence-corrected chi connectivity index (χ3v) is 5.47. The van der Waals surface area contributed by atoms with E-state index in [4.69, 9.17) is 9.47 Å². The van der Waals surface area contributed by atoms with E-state index in [1.54, 1.807) is 12.1 Å². The Kier molecular flexibility index (Phi) is 6.09.